The predicted octanol–water partition coefficient (Wildman–Crippen LogP) is -0.468. The molecule has 0 aromatic heterocycles. The summed E-state index contributed by atoms with van der Waals surface area (Å²) < 4.78 is 0. The molecule has 1 fully saturated rings. The second-order valence-corrected chi connectivity index (χ2v) is 5.80. The van der Waals surface area contributed by atoms with Crippen molar-refractivity contribution in [2.45, 2.75) is 12.8 Å². The number of imide groups is 2. The van der Waals surface area contributed by atoms with E-state index in [0.717, 1.165) is 4.90 Å². The molecule has 0 aliphatic carbocycles. The minimum absolute atomic E-state index is 0.0914. The Morgan fingerprint density at radius 1 is 1.12 bits per heavy atom. The third-order valence-corrected chi connectivity index (χ3v) is 3.93. The Morgan fingerprint density at radius 3 is 2.48 bits per heavy atom. The molecule has 2 aliphatic rings. The molecule has 9 nitrogen and oxygen atoms in total. The van der Waals surface area contributed by atoms with Crippen LogP contribution in [0.2, 0.25) is 0 Å². The molecule has 10 heteroatoms. The summed E-state index contributed by atoms with van der Waals surface area (Å²) in [6.45, 7) is -0.425. The SMILES string of the molecule is O=C(CN1C(=O)CCC1=O)NC(=S)Nc1cccc2c1C(=O)NC2=O. The van der Waals surface area contributed by atoms with E-state index >= 15 is 0 Å². The van der Waals surface area contributed by atoms with Gasteiger partial charge in [-0.1, -0.05) is 6.07 Å². The number of anilines is 1. The highest BCUT2D eigenvalue weighted by molar-refractivity contribution is 7.80. The van der Waals surface area contributed by atoms with Gasteiger partial charge in [-0.2, -0.15) is 0 Å². The molecule has 0 spiro atoms. The van der Waals surface area contributed by atoms with E-state index in [1.54, 1.807) is 6.07 Å². The quantitative estimate of drug-likeness (QED) is 0.492. The molecule has 5 amide bonds. The van der Waals surface area contributed by atoms with Crippen molar-refractivity contribution in [2.75, 3.05) is 11.9 Å². The van der Waals surface area contributed by atoms with E-state index in [0.29, 0.717) is 0 Å². The highest BCUT2D eigenvalue weighted by Crippen LogP contribution is 2.24. The highest BCUT2D eigenvalue weighted by atomic mass is 32.1. The van der Waals surface area contributed by atoms with Gasteiger partial charge in [0.25, 0.3) is 11.8 Å². The molecule has 1 aromatic carbocycles. The maximum atomic E-state index is 11.9. The molecular weight excluding hydrogens is 348 g/mol. The number of carbonyl (C=O) groups excluding carboxylic acids is 5. The van der Waals surface area contributed by atoms with E-state index < -0.39 is 36.1 Å². The molecule has 0 unspecified atom stereocenters. The zero-order valence-electron chi connectivity index (χ0n) is 12.8. The van der Waals surface area contributed by atoms with Crippen molar-refractivity contribution in [2.24, 2.45) is 0 Å². The number of fused-ring (bicyclic) bond motifs is 1. The summed E-state index contributed by atoms with van der Waals surface area (Å²) >= 11 is 5.00. The highest BCUT2D eigenvalue weighted by Gasteiger charge is 2.31. The van der Waals surface area contributed by atoms with Crippen molar-refractivity contribution in [3.8, 4) is 0 Å². The van der Waals surface area contributed by atoms with Gasteiger partial charge in [0.05, 0.1) is 16.8 Å². The second-order valence-electron chi connectivity index (χ2n) is 5.39. The lowest BCUT2D eigenvalue weighted by Gasteiger charge is -2.15. The molecule has 3 rings (SSSR count). The first kappa shape index (κ1) is 16.7. The molecular formula is C15H12N4O5S. The standard InChI is InChI=1S/C15H12N4O5S/c20-9(6-19-10(21)4-5-11(19)22)17-15(25)16-8-3-1-2-7-12(8)14(24)18-13(7)23/h1-3H,4-6H2,(H,18,23,24)(H2,16,17,20,25). The van der Waals surface area contributed by atoms with Crippen LogP contribution in [0.1, 0.15) is 33.6 Å². The lowest BCUT2D eigenvalue weighted by atomic mass is 10.1. The smallest absolute Gasteiger partial charge is 0.261 e. The van der Waals surface area contributed by atoms with Crippen molar-refractivity contribution in [3.05, 3.63) is 29.3 Å². The Morgan fingerprint density at radius 2 is 1.80 bits per heavy atom. The normalized spacial score (nSPS) is 15.9. The van der Waals surface area contributed by atoms with Crippen LogP contribution in [0.15, 0.2) is 18.2 Å². The van der Waals surface area contributed by atoms with Crippen molar-refractivity contribution in [1.29, 1.82) is 0 Å². The monoisotopic (exact) mass is 360 g/mol. The van der Waals surface area contributed by atoms with Crippen LogP contribution in [-0.4, -0.2) is 46.1 Å². The number of benzene rings is 1. The van der Waals surface area contributed by atoms with Gasteiger partial charge in [-0.3, -0.25) is 34.2 Å². The van der Waals surface area contributed by atoms with Gasteiger partial charge in [0.2, 0.25) is 17.7 Å². The number of likely N-dealkylation sites (tertiary alicyclic amines) is 1. The third-order valence-electron chi connectivity index (χ3n) is 3.72. The Bertz CT molecular complexity index is 834. The number of nitrogens with one attached hydrogen (secondary N) is 3. The summed E-state index contributed by atoms with van der Waals surface area (Å²) in [4.78, 5) is 59.2. The van der Waals surface area contributed by atoms with E-state index in [1.807, 2.05) is 0 Å². The van der Waals surface area contributed by atoms with E-state index in [1.165, 1.54) is 12.1 Å². The Labute approximate surface area is 146 Å². The number of rotatable bonds is 3. The van der Waals surface area contributed by atoms with Gasteiger partial charge in [0.15, 0.2) is 5.11 Å². The lowest BCUT2D eigenvalue weighted by molar-refractivity contribution is -0.142. The van der Waals surface area contributed by atoms with Crippen LogP contribution < -0.4 is 16.0 Å². The first-order chi connectivity index (χ1) is 11.9. The van der Waals surface area contributed by atoms with Crippen molar-refractivity contribution < 1.29 is 24.0 Å². The third kappa shape index (κ3) is 3.24. The largest absolute Gasteiger partial charge is 0.332 e. The average Bonchev–Trinajstić information content (AvgIpc) is 3.01. The zero-order valence-corrected chi connectivity index (χ0v) is 13.6. The van der Waals surface area contributed by atoms with Crippen LogP contribution in [0, 0.1) is 0 Å². The number of nitrogens with zero attached hydrogens (tertiary/aromatic N) is 1. The molecule has 0 saturated carbocycles. The fourth-order valence-electron chi connectivity index (χ4n) is 2.59. The molecule has 2 heterocycles. The molecule has 128 valence electrons. The molecule has 0 radical (unpaired) electrons. The maximum Gasteiger partial charge on any atom is 0.261 e. The molecule has 1 aromatic rings. The first-order valence-corrected chi connectivity index (χ1v) is 7.70. The second kappa shape index (κ2) is 6.40. The topological polar surface area (TPSA) is 125 Å². The Hall–Kier alpha value is -3.14. The molecule has 1 saturated heterocycles. The number of carbonyl (C=O) groups is 5. The van der Waals surface area contributed by atoms with Crippen LogP contribution >= 0.6 is 12.2 Å². The van der Waals surface area contributed by atoms with Gasteiger partial charge in [-0.25, -0.2) is 0 Å². The molecule has 0 atom stereocenters. The van der Waals surface area contributed by atoms with E-state index in [2.05, 4.69) is 16.0 Å². The van der Waals surface area contributed by atoms with Crippen LogP contribution in [0.4, 0.5) is 5.69 Å². The van der Waals surface area contributed by atoms with Crippen molar-refractivity contribution >= 4 is 52.6 Å². The van der Waals surface area contributed by atoms with E-state index in [4.69, 9.17) is 12.2 Å². The van der Waals surface area contributed by atoms with Crippen LogP contribution in [0.3, 0.4) is 0 Å². The predicted molar refractivity (Wildman–Crippen MR) is 88.6 cm³/mol. The summed E-state index contributed by atoms with van der Waals surface area (Å²) in [7, 11) is 0. The van der Waals surface area contributed by atoms with Crippen LogP contribution in [0.5, 0.6) is 0 Å². The lowest BCUT2D eigenvalue weighted by Crippen LogP contribution is -2.43. The van der Waals surface area contributed by atoms with E-state index in [-0.39, 0.29) is 34.8 Å². The fourth-order valence-corrected chi connectivity index (χ4v) is 2.81. The van der Waals surface area contributed by atoms with Gasteiger partial charge < -0.3 is 10.6 Å². The first-order valence-electron chi connectivity index (χ1n) is 7.29. The fraction of sp³-hybridized carbons (Fsp3) is 0.200. The minimum Gasteiger partial charge on any atom is -0.332 e. The molecule has 0 bridgehead atoms. The summed E-state index contributed by atoms with van der Waals surface area (Å²) in [5, 5.41) is 7.05. The van der Waals surface area contributed by atoms with Crippen LogP contribution in [-0.2, 0) is 14.4 Å². The number of amides is 5. The van der Waals surface area contributed by atoms with Gasteiger partial charge in [-0.05, 0) is 24.4 Å². The zero-order chi connectivity index (χ0) is 18.1. The summed E-state index contributed by atoms with van der Waals surface area (Å²) in [6.07, 6.45) is 0.183. The van der Waals surface area contributed by atoms with Crippen molar-refractivity contribution in [1.82, 2.24) is 15.5 Å². The minimum atomic E-state index is -0.644. The number of thiocarbonyl (C=S) groups is 1. The van der Waals surface area contributed by atoms with Gasteiger partial charge in [-0.15, -0.1) is 0 Å². The summed E-state index contributed by atoms with van der Waals surface area (Å²) in [5.41, 5.74) is 0.603. The molecule has 2 aliphatic heterocycles. The van der Waals surface area contributed by atoms with Crippen molar-refractivity contribution in [3.63, 3.8) is 0 Å². The van der Waals surface area contributed by atoms with Crippen LogP contribution in [0.25, 0.3) is 0 Å². The molecule has 25 heavy (non-hydrogen) atoms. The van der Waals surface area contributed by atoms with Gasteiger partial charge in [0.1, 0.15) is 6.54 Å². The molecule has 3 N–H and O–H groups in total. The number of hydrogen-bond donors (Lipinski definition) is 3. The maximum absolute atomic E-state index is 11.9. The van der Waals surface area contributed by atoms with E-state index in [9.17, 15) is 24.0 Å². The van der Waals surface area contributed by atoms with Gasteiger partial charge in [0, 0.05) is 12.8 Å². The summed E-state index contributed by atoms with van der Waals surface area (Å²) in [6, 6.07) is 4.58. The average molecular weight is 360 g/mol. The van der Waals surface area contributed by atoms with Gasteiger partial charge >= 0.3 is 0 Å². The number of hydrogen-bond acceptors (Lipinski definition) is 6. The Kier molecular flexibility index (Phi) is 4.28. The Balaban J connectivity index is 1.65. The summed E-state index contributed by atoms with van der Waals surface area (Å²) in [5.74, 6) is -2.53.